The zero-order valence-electron chi connectivity index (χ0n) is 10.3. The Hall–Kier alpha value is -1.17. The zero-order chi connectivity index (χ0) is 14.0. The van der Waals surface area contributed by atoms with Gasteiger partial charge in [-0.3, -0.25) is 4.79 Å². The van der Waals surface area contributed by atoms with Gasteiger partial charge in [0.05, 0.1) is 16.6 Å². The first-order valence-corrected chi connectivity index (χ1v) is 7.15. The smallest absolute Gasteiger partial charge is 0.253 e. The predicted octanol–water partition coefficient (Wildman–Crippen LogP) is 3.64. The Morgan fingerprint density at radius 3 is 2.79 bits per heavy atom. The Labute approximate surface area is 124 Å². The highest BCUT2D eigenvalue weighted by molar-refractivity contribution is 7.09. The molecular weight excluding hydrogens is 305 g/mol. The molecule has 0 saturated carbocycles. The maximum Gasteiger partial charge on any atom is 0.253 e. The van der Waals surface area contributed by atoms with Crippen LogP contribution in [0, 0.1) is 6.92 Å². The van der Waals surface area contributed by atoms with Crippen molar-refractivity contribution in [1.29, 1.82) is 0 Å². The maximum atomic E-state index is 12.0. The van der Waals surface area contributed by atoms with E-state index in [4.69, 9.17) is 23.2 Å². The third-order valence-electron chi connectivity index (χ3n) is 2.41. The third-order valence-corrected chi connectivity index (χ3v) is 4.24. The fourth-order valence-corrected chi connectivity index (χ4v) is 2.53. The van der Waals surface area contributed by atoms with E-state index in [0.29, 0.717) is 5.56 Å². The van der Waals surface area contributed by atoms with Gasteiger partial charge in [0.25, 0.3) is 5.91 Å². The van der Waals surface area contributed by atoms with Gasteiger partial charge in [0, 0.05) is 17.3 Å². The van der Waals surface area contributed by atoms with Crippen LogP contribution in [0.4, 0.5) is 0 Å². The van der Waals surface area contributed by atoms with Gasteiger partial charge in [-0.15, -0.1) is 11.3 Å². The molecule has 0 bridgehead atoms. The van der Waals surface area contributed by atoms with Crippen molar-refractivity contribution in [3.05, 3.63) is 44.1 Å². The zero-order valence-corrected chi connectivity index (χ0v) is 12.6. The van der Waals surface area contributed by atoms with E-state index in [0.717, 1.165) is 10.7 Å². The summed E-state index contributed by atoms with van der Waals surface area (Å²) in [7, 11) is 0. The van der Waals surface area contributed by atoms with Gasteiger partial charge in [-0.25, -0.2) is 9.97 Å². The first kappa shape index (κ1) is 14.2. The van der Waals surface area contributed by atoms with Crippen LogP contribution in [0.3, 0.4) is 0 Å². The van der Waals surface area contributed by atoms with Crippen molar-refractivity contribution in [3.63, 3.8) is 0 Å². The molecule has 7 heteroatoms. The molecule has 0 saturated heterocycles. The molecule has 0 aromatic carbocycles. The van der Waals surface area contributed by atoms with Gasteiger partial charge in [-0.2, -0.15) is 0 Å². The van der Waals surface area contributed by atoms with Crippen LogP contribution >= 0.6 is 34.5 Å². The number of pyridine rings is 1. The maximum absolute atomic E-state index is 12.0. The van der Waals surface area contributed by atoms with Gasteiger partial charge in [0.1, 0.15) is 10.2 Å². The van der Waals surface area contributed by atoms with Crippen LogP contribution in [0.25, 0.3) is 0 Å². The first-order chi connectivity index (χ1) is 8.97. The standard InChI is InChI=1S/C12H11Cl2N3OS/c1-6-5-19-12(16-6)7(2)17-11(18)8-3-9(13)10(14)15-4-8/h3-5,7H,1-2H3,(H,17,18). The number of rotatable bonds is 3. The SMILES string of the molecule is Cc1csc(C(C)NC(=O)c2cnc(Cl)c(Cl)c2)n1. The topological polar surface area (TPSA) is 54.9 Å². The second-order valence-corrected chi connectivity index (χ2v) is 5.67. The summed E-state index contributed by atoms with van der Waals surface area (Å²) in [6, 6.07) is 1.33. The molecule has 1 amide bonds. The van der Waals surface area contributed by atoms with Gasteiger partial charge in [0.2, 0.25) is 0 Å². The van der Waals surface area contributed by atoms with Crippen LogP contribution in [-0.2, 0) is 0 Å². The summed E-state index contributed by atoms with van der Waals surface area (Å²) >= 11 is 13.0. The molecule has 100 valence electrons. The van der Waals surface area contributed by atoms with Crippen molar-refractivity contribution < 1.29 is 4.79 Å². The van der Waals surface area contributed by atoms with Crippen molar-refractivity contribution in [2.45, 2.75) is 19.9 Å². The minimum Gasteiger partial charge on any atom is -0.343 e. The molecule has 2 rings (SSSR count). The van der Waals surface area contributed by atoms with E-state index >= 15 is 0 Å². The third kappa shape index (κ3) is 3.43. The van der Waals surface area contributed by atoms with Crippen LogP contribution in [0.5, 0.6) is 0 Å². The lowest BCUT2D eigenvalue weighted by Gasteiger charge is -2.11. The number of amides is 1. The minimum atomic E-state index is -0.258. The lowest BCUT2D eigenvalue weighted by atomic mass is 10.2. The van der Waals surface area contributed by atoms with Crippen molar-refractivity contribution in [1.82, 2.24) is 15.3 Å². The summed E-state index contributed by atoms with van der Waals surface area (Å²) < 4.78 is 0. The quantitative estimate of drug-likeness (QED) is 0.880. The highest BCUT2D eigenvalue weighted by Crippen LogP contribution is 2.21. The number of hydrogen-bond donors (Lipinski definition) is 1. The van der Waals surface area contributed by atoms with Crippen LogP contribution in [-0.4, -0.2) is 15.9 Å². The molecule has 4 nitrogen and oxygen atoms in total. The average molecular weight is 316 g/mol. The average Bonchev–Trinajstić information content (AvgIpc) is 2.79. The molecule has 0 aliphatic heterocycles. The van der Waals surface area contributed by atoms with E-state index in [1.807, 2.05) is 19.2 Å². The number of aromatic nitrogens is 2. The lowest BCUT2D eigenvalue weighted by molar-refractivity contribution is 0.0939. The Morgan fingerprint density at radius 2 is 2.21 bits per heavy atom. The summed E-state index contributed by atoms with van der Waals surface area (Å²) in [6.07, 6.45) is 1.39. The number of nitrogens with zero attached hydrogens (tertiary/aromatic N) is 2. The van der Waals surface area contributed by atoms with Crippen molar-refractivity contribution >= 4 is 40.4 Å². The molecule has 0 radical (unpaired) electrons. The number of carbonyl (C=O) groups is 1. The van der Waals surface area contributed by atoms with Crippen molar-refractivity contribution in [3.8, 4) is 0 Å². The number of halogens is 2. The van der Waals surface area contributed by atoms with Crippen LogP contribution in [0.15, 0.2) is 17.6 Å². The van der Waals surface area contributed by atoms with Crippen LogP contribution in [0.2, 0.25) is 10.2 Å². The second kappa shape index (κ2) is 5.86. The fourth-order valence-electron chi connectivity index (χ4n) is 1.46. The Kier molecular flexibility index (Phi) is 4.39. The molecule has 1 N–H and O–H groups in total. The van der Waals surface area contributed by atoms with Gasteiger partial charge in [0.15, 0.2) is 0 Å². The van der Waals surface area contributed by atoms with Gasteiger partial charge >= 0.3 is 0 Å². The van der Waals surface area contributed by atoms with E-state index < -0.39 is 0 Å². The lowest BCUT2D eigenvalue weighted by Crippen LogP contribution is -2.26. The number of nitrogens with one attached hydrogen (secondary N) is 1. The summed E-state index contributed by atoms with van der Waals surface area (Å²) in [4.78, 5) is 20.2. The van der Waals surface area contributed by atoms with E-state index in [2.05, 4.69) is 15.3 Å². The van der Waals surface area contributed by atoms with E-state index in [1.165, 1.54) is 23.6 Å². The molecule has 1 atom stereocenters. The summed E-state index contributed by atoms with van der Waals surface area (Å²) in [5.74, 6) is -0.258. The molecule has 2 aromatic heterocycles. The molecule has 2 heterocycles. The molecular formula is C12H11Cl2N3OS. The summed E-state index contributed by atoms with van der Waals surface area (Å²) in [6.45, 7) is 3.79. The highest BCUT2D eigenvalue weighted by atomic mass is 35.5. The van der Waals surface area contributed by atoms with Crippen molar-refractivity contribution in [2.24, 2.45) is 0 Å². The van der Waals surface area contributed by atoms with Crippen LogP contribution < -0.4 is 5.32 Å². The van der Waals surface area contributed by atoms with E-state index in [9.17, 15) is 4.79 Å². The predicted molar refractivity (Wildman–Crippen MR) is 77.0 cm³/mol. The Bertz CT molecular complexity index is 615. The number of aryl methyl sites for hydroxylation is 1. The normalized spacial score (nSPS) is 12.2. The van der Waals surface area contributed by atoms with Gasteiger partial charge < -0.3 is 5.32 Å². The molecule has 0 aliphatic carbocycles. The molecule has 0 aliphatic rings. The van der Waals surface area contributed by atoms with Gasteiger partial charge in [-0.05, 0) is 19.9 Å². The molecule has 1 unspecified atom stereocenters. The number of hydrogen-bond acceptors (Lipinski definition) is 4. The van der Waals surface area contributed by atoms with E-state index in [-0.39, 0.29) is 22.1 Å². The Morgan fingerprint density at radius 1 is 1.47 bits per heavy atom. The van der Waals surface area contributed by atoms with Crippen LogP contribution in [0.1, 0.15) is 34.0 Å². The molecule has 2 aromatic rings. The Balaban J connectivity index is 2.10. The number of thiazole rings is 1. The van der Waals surface area contributed by atoms with Crippen molar-refractivity contribution in [2.75, 3.05) is 0 Å². The minimum absolute atomic E-state index is 0.166. The largest absolute Gasteiger partial charge is 0.343 e. The summed E-state index contributed by atoms with van der Waals surface area (Å²) in [5, 5.41) is 6.08. The number of carbonyl (C=O) groups excluding carboxylic acids is 1. The monoisotopic (exact) mass is 315 g/mol. The fraction of sp³-hybridized carbons (Fsp3) is 0.250. The molecule has 0 spiro atoms. The highest BCUT2D eigenvalue weighted by Gasteiger charge is 2.15. The van der Waals surface area contributed by atoms with E-state index in [1.54, 1.807) is 0 Å². The van der Waals surface area contributed by atoms with Gasteiger partial charge in [-0.1, -0.05) is 23.2 Å². The molecule has 19 heavy (non-hydrogen) atoms. The first-order valence-electron chi connectivity index (χ1n) is 5.51. The summed E-state index contributed by atoms with van der Waals surface area (Å²) in [5.41, 5.74) is 1.31. The second-order valence-electron chi connectivity index (χ2n) is 4.02. The molecule has 0 fully saturated rings.